The van der Waals surface area contributed by atoms with Gasteiger partial charge in [0.05, 0.1) is 18.1 Å². The highest BCUT2D eigenvalue weighted by Gasteiger charge is 2.25. The second-order valence-corrected chi connectivity index (χ2v) is 4.91. The summed E-state index contributed by atoms with van der Waals surface area (Å²) >= 11 is 12.1. The van der Waals surface area contributed by atoms with Gasteiger partial charge in [-0.2, -0.15) is 0 Å². The molecule has 2 N–H and O–H groups in total. The number of halogens is 2. The van der Waals surface area contributed by atoms with Crippen LogP contribution >= 0.6 is 23.2 Å². The minimum absolute atomic E-state index is 0.0507. The second-order valence-electron chi connectivity index (χ2n) is 4.07. The van der Waals surface area contributed by atoms with Crippen LogP contribution in [0.25, 0.3) is 0 Å². The van der Waals surface area contributed by atoms with Gasteiger partial charge in [-0.15, -0.1) is 0 Å². The second kappa shape index (κ2) is 4.33. The van der Waals surface area contributed by atoms with E-state index in [1.165, 1.54) is 5.69 Å². The molecule has 0 aliphatic carbocycles. The number of imidazole rings is 1. The summed E-state index contributed by atoms with van der Waals surface area (Å²) in [6.07, 6.45) is 2.70. The van der Waals surface area contributed by atoms with Gasteiger partial charge in [0.2, 0.25) is 0 Å². The molecule has 0 bridgehead atoms. The zero-order valence-electron chi connectivity index (χ0n) is 9.00. The fourth-order valence-electron chi connectivity index (χ4n) is 2.21. The molecule has 0 amide bonds. The Bertz CT molecular complexity index is 550. The van der Waals surface area contributed by atoms with Gasteiger partial charge in [-0.1, -0.05) is 29.3 Å². The first-order valence-corrected chi connectivity index (χ1v) is 6.22. The summed E-state index contributed by atoms with van der Waals surface area (Å²) in [7, 11) is 0. The lowest BCUT2D eigenvalue weighted by atomic mass is 9.98. The number of aromatic nitrogens is 2. The largest absolute Gasteiger partial charge is 0.348 e. The molecular formula is C12H11Cl2N3. The van der Waals surface area contributed by atoms with Crippen LogP contribution in [0.15, 0.2) is 24.5 Å². The van der Waals surface area contributed by atoms with E-state index in [1.54, 1.807) is 12.4 Å². The highest BCUT2D eigenvalue weighted by Crippen LogP contribution is 2.32. The maximum atomic E-state index is 6.23. The predicted molar refractivity (Wildman–Crippen MR) is 68.6 cm³/mol. The van der Waals surface area contributed by atoms with Crippen molar-refractivity contribution in [2.45, 2.75) is 12.5 Å². The Balaban J connectivity index is 2.06. The number of rotatable bonds is 1. The number of hydrogen-bond donors (Lipinski definition) is 2. The number of hydrogen-bond acceptors (Lipinski definition) is 2. The van der Waals surface area contributed by atoms with Crippen LogP contribution in [0.2, 0.25) is 10.0 Å². The normalized spacial score (nSPS) is 19.1. The Morgan fingerprint density at radius 2 is 2.18 bits per heavy atom. The smallest absolute Gasteiger partial charge is 0.0926 e. The van der Waals surface area contributed by atoms with Crippen LogP contribution in [0.4, 0.5) is 0 Å². The van der Waals surface area contributed by atoms with E-state index in [2.05, 4.69) is 15.3 Å². The third-order valence-corrected chi connectivity index (χ3v) is 3.58. The molecule has 2 aromatic rings. The first-order chi connectivity index (χ1) is 8.25. The fourth-order valence-corrected chi connectivity index (χ4v) is 2.73. The zero-order valence-corrected chi connectivity index (χ0v) is 10.5. The van der Waals surface area contributed by atoms with Gasteiger partial charge in [0.25, 0.3) is 0 Å². The van der Waals surface area contributed by atoms with Crippen molar-refractivity contribution in [3.05, 3.63) is 51.5 Å². The average Bonchev–Trinajstić information content (AvgIpc) is 2.77. The molecule has 2 heterocycles. The quantitative estimate of drug-likeness (QED) is 0.834. The Morgan fingerprint density at radius 1 is 1.29 bits per heavy atom. The van der Waals surface area contributed by atoms with E-state index in [-0.39, 0.29) is 6.04 Å². The maximum absolute atomic E-state index is 6.23. The van der Waals surface area contributed by atoms with Crippen molar-refractivity contribution < 1.29 is 0 Å². The molecule has 0 spiro atoms. The monoisotopic (exact) mass is 267 g/mol. The molecule has 3 nitrogen and oxygen atoms in total. The number of nitrogens with one attached hydrogen (secondary N) is 2. The number of aromatic amines is 1. The molecule has 0 fully saturated rings. The van der Waals surface area contributed by atoms with Gasteiger partial charge in [-0.3, -0.25) is 0 Å². The molecule has 17 heavy (non-hydrogen) atoms. The Hall–Kier alpha value is -1.03. The Morgan fingerprint density at radius 3 is 3.00 bits per heavy atom. The van der Waals surface area contributed by atoms with Crippen LogP contribution < -0.4 is 5.32 Å². The van der Waals surface area contributed by atoms with Crippen molar-refractivity contribution >= 4 is 23.2 Å². The van der Waals surface area contributed by atoms with Gasteiger partial charge < -0.3 is 10.3 Å². The van der Waals surface area contributed by atoms with E-state index in [4.69, 9.17) is 23.2 Å². The van der Waals surface area contributed by atoms with Crippen molar-refractivity contribution in [3.8, 4) is 0 Å². The summed E-state index contributed by atoms with van der Waals surface area (Å²) in [4.78, 5) is 7.54. The molecule has 0 saturated heterocycles. The van der Waals surface area contributed by atoms with E-state index in [0.717, 1.165) is 24.2 Å². The molecule has 0 unspecified atom stereocenters. The molecule has 5 heteroatoms. The Labute approximate surface area is 109 Å². The first-order valence-electron chi connectivity index (χ1n) is 5.46. The Kier molecular flexibility index (Phi) is 2.82. The summed E-state index contributed by atoms with van der Waals surface area (Å²) in [5.41, 5.74) is 3.23. The standard InChI is InChI=1S/C12H11Cl2N3/c13-7-1-2-8(9(14)5-7)11-12-10(3-4-15-11)16-6-17-12/h1-2,5-6,11,15H,3-4H2,(H,16,17)/t11-/m1/s1. The minimum Gasteiger partial charge on any atom is -0.348 e. The summed E-state index contributed by atoms with van der Waals surface area (Å²) in [6, 6.07) is 5.62. The van der Waals surface area contributed by atoms with E-state index < -0.39 is 0 Å². The van der Waals surface area contributed by atoms with Gasteiger partial charge in [-0.25, -0.2) is 4.98 Å². The minimum atomic E-state index is 0.0507. The van der Waals surface area contributed by atoms with E-state index >= 15 is 0 Å². The predicted octanol–water partition coefficient (Wildman–Crippen LogP) is 2.95. The molecule has 88 valence electrons. The van der Waals surface area contributed by atoms with E-state index in [0.29, 0.717) is 10.0 Å². The van der Waals surface area contributed by atoms with Crippen LogP contribution in [0.3, 0.4) is 0 Å². The molecule has 1 atom stereocenters. The van der Waals surface area contributed by atoms with Gasteiger partial charge in [-0.05, 0) is 17.7 Å². The SMILES string of the molecule is Clc1ccc([C@H]2NCCc3[nH]cnc32)c(Cl)c1. The van der Waals surface area contributed by atoms with Crippen molar-refractivity contribution in [1.82, 2.24) is 15.3 Å². The van der Waals surface area contributed by atoms with Gasteiger partial charge in [0.15, 0.2) is 0 Å². The van der Waals surface area contributed by atoms with Crippen LogP contribution in [0.1, 0.15) is 23.0 Å². The number of benzene rings is 1. The summed E-state index contributed by atoms with van der Waals surface area (Å²) in [5, 5.41) is 4.75. The number of H-pyrrole nitrogens is 1. The topological polar surface area (TPSA) is 40.7 Å². The highest BCUT2D eigenvalue weighted by atomic mass is 35.5. The van der Waals surface area contributed by atoms with E-state index in [1.807, 2.05) is 12.1 Å². The molecule has 3 rings (SSSR count). The van der Waals surface area contributed by atoms with Crippen LogP contribution in [-0.4, -0.2) is 16.5 Å². The zero-order chi connectivity index (χ0) is 11.8. The summed E-state index contributed by atoms with van der Waals surface area (Å²) < 4.78 is 0. The lowest BCUT2D eigenvalue weighted by molar-refractivity contribution is 0.553. The highest BCUT2D eigenvalue weighted by molar-refractivity contribution is 6.35. The molecule has 1 aromatic carbocycles. The number of nitrogens with zero attached hydrogens (tertiary/aromatic N) is 1. The van der Waals surface area contributed by atoms with Gasteiger partial charge in [0.1, 0.15) is 0 Å². The van der Waals surface area contributed by atoms with Crippen molar-refractivity contribution in [2.75, 3.05) is 6.54 Å². The molecule has 1 aliphatic heterocycles. The third-order valence-electron chi connectivity index (χ3n) is 3.02. The molecule has 0 saturated carbocycles. The van der Waals surface area contributed by atoms with Crippen molar-refractivity contribution in [1.29, 1.82) is 0 Å². The lowest BCUT2D eigenvalue weighted by Gasteiger charge is -2.24. The van der Waals surface area contributed by atoms with Crippen molar-refractivity contribution in [3.63, 3.8) is 0 Å². The van der Waals surface area contributed by atoms with Crippen molar-refractivity contribution in [2.24, 2.45) is 0 Å². The van der Waals surface area contributed by atoms with Gasteiger partial charge in [0, 0.05) is 28.7 Å². The first kappa shape index (κ1) is 11.1. The molecular weight excluding hydrogens is 257 g/mol. The lowest BCUT2D eigenvalue weighted by Crippen LogP contribution is -2.30. The van der Waals surface area contributed by atoms with Crippen LogP contribution in [0.5, 0.6) is 0 Å². The summed E-state index contributed by atoms with van der Waals surface area (Å²) in [5.74, 6) is 0. The van der Waals surface area contributed by atoms with Gasteiger partial charge >= 0.3 is 0 Å². The molecule has 0 radical (unpaired) electrons. The molecule has 1 aromatic heterocycles. The van der Waals surface area contributed by atoms with Crippen LogP contribution in [0, 0.1) is 0 Å². The fraction of sp³-hybridized carbons (Fsp3) is 0.250. The molecule has 1 aliphatic rings. The third kappa shape index (κ3) is 1.95. The summed E-state index contributed by atoms with van der Waals surface area (Å²) in [6.45, 7) is 0.915. The maximum Gasteiger partial charge on any atom is 0.0926 e. The number of fused-ring (bicyclic) bond motifs is 1. The van der Waals surface area contributed by atoms with Crippen LogP contribution in [-0.2, 0) is 6.42 Å². The average molecular weight is 268 g/mol. The van der Waals surface area contributed by atoms with E-state index in [9.17, 15) is 0 Å².